The Balaban J connectivity index is 2.48. The summed E-state index contributed by atoms with van der Waals surface area (Å²) in [6, 6.07) is 5.64. The zero-order valence-electron chi connectivity index (χ0n) is 9.40. The van der Waals surface area contributed by atoms with Crippen molar-refractivity contribution in [2.75, 3.05) is 0 Å². The highest BCUT2D eigenvalue weighted by molar-refractivity contribution is 6.40. The SMILES string of the molecule is N#Cc1ccc(F)cc1Cn1cnc(Cl)c(Cl)c1=O. The first-order valence-corrected chi connectivity index (χ1v) is 5.87. The molecule has 4 nitrogen and oxygen atoms in total. The first kappa shape index (κ1) is 13.5. The lowest BCUT2D eigenvalue weighted by molar-refractivity contribution is 0.622. The average Bonchev–Trinajstić information content (AvgIpc) is 2.40. The Kier molecular flexibility index (Phi) is 3.84. The number of benzene rings is 1. The minimum atomic E-state index is -0.546. The fourth-order valence-corrected chi connectivity index (χ4v) is 1.82. The summed E-state index contributed by atoms with van der Waals surface area (Å²) in [5.41, 5.74) is 0.0963. The Morgan fingerprint density at radius 1 is 1.42 bits per heavy atom. The third-order valence-corrected chi connectivity index (χ3v) is 3.19. The lowest BCUT2D eigenvalue weighted by Gasteiger charge is -2.08. The van der Waals surface area contributed by atoms with Gasteiger partial charge in [-0.05, 0) is 23.8 Å². The van der Waals surface area contributed by atoms with Gasteiger partial charge in [-0.2, -0.15) is 5.26 Å². The van der Waals surface area contributed by atoms with Crippen molar-refractivity contribution in [1.82, 2.24) is 9.55 Å². The van der Waals surface area contributed by atoms with Crippen molar-refractivity contribution in [2.45, 2.75) is 6.54 Å². The molecule has 19 heavy (non-hydrogen) atoms. The van der Waals surface area contributed by atoms with Crippen molar-refractivity contribution in [3.05, 3.63) is 62.0 Å². The van der Waals surface area contributed by atoms with Gasteiger partial charge >= 0.3 is 0 Å². The molecule has 0 aliphatic heterocycles. The molecule has 0 unspecified atom stereocenters. The van der Waals surface area contributed by atoms with Crippen molar-refractivity contribution in [3.63, 3.8) is 0 Å². The highest BCUT2D eigenvalue weighted by atomic mass is 35.5. The highest BCUT2D eigenvalue weighted by Gasteiger charge is 2.10. The van der Waals surface area contributed by atoms with E-state index in [0.29, 0.717) is 5.56 Å². The molecule has 0 atom stereocenters. The number of hydrogen-bond acceptors (Lipinski definition) is 3. The van der Waals surface area contributed by atoms with E-state index in [2.05, 4.69) is 4.98 Å². The topological polar surface area (TPSA) is 58.7 Å². The summed E-state index contributed by atoms with van der Waals surface area (Å²) >= 11 is 11.3. The smallest absolute Gasteiger partial charge is 0.273 e. The fourth-order valence-electron chi connectivity index (χ4n) is 1.54. The van der Waals surface area contributed by atoms with Crippen molar-refractivity contribution in [1.29, 1.82) is 5.26 Å². The number of nitriles is 1. The molecule has 2 aromatic rings. The summed E-state index contributed by atoms with van der Waals surface area (Å²) in [7, 11) is 0. The maximum Gasteiger partial charge on any atom is 0.273 e. The van der Waals surface area contributed by atoms with Crippen LogP contribution in [-0.4, -0.2) is 9.55 Å². The molecule has 0 saturated heterocycles. The quantitative estimate of drug-likeness (QED) is 0.801. The van der Waals surface area contributed by atoms with Gasteiger partial charge in [0.05, 0.1) is 24.5 Å². The Labute approximate surface area is 117 Å². The van der Waals surface area contributed by atoms with Gasteiger partial charge in [0, 0.05) is 0 Å². The molecule has 0 radical (unpaired) electrons. The van der Waals surface area contributed by atoms with Crippen LogP contribution in [0.25, 0.3) is 0 Å². The number of nitrogens with zero attached hydrogens (tertiary/aromatic N) is 3. The normalized spacial score (nSPS) is 10.2. The Hall–Kier alpha value is -1.90. The van der Waals surface area contributed by atoms with E-state index in [4.69, 9.17) is 28.5 Å². The third kappa shape index (κ3) is 2.75. The molecular weight excluding hydrogens is 292 g/mol. The standard InChI is InChI=1S/C12H6Cl2FN3O/c13-10-11(14)17-6-18(12(10)19)5-8-3-9(15)2-1-7(8)4-16/h1-3,6H,5H2. The summed E-state index contributed by atoms with van der Waals surface area (Å²) in [5, 5.41) is 8.63. The lowest BCUT2D eigenvalue weighted by atomic mass is 10.1. The van der Waals surface area contributed by atoms with Crippen LogP contribution in [-0.2, 0) is 6.54 Å². The van der Waals surface area contributed by atoms with Crippen LogP contribution in [0.1, 0.15) is 11.1 Å². The molecule has 0 saturated carbocycles. The van der Waals surface area contributed by atoms with E-state index in [1.807, 2.05) is 6.07 Å². The van der Waals surface area contributed by atoms with Gasteiger partial charge < -0.3 is 0 Å². The summed E-state index contributed by atoms with van der Waals surface area (Å²) < 4.78 is 14.3. The van der Waals surface area contributed by atoms with Gasteiger partial charge in [-0.1, -0.05) is 23.2 Å². The van der Waals surface area contributed by atoms with Crippen LogP contribution in [0.4, 0.5) is 4.39 Å². The van der Waals surface area contributed by atoms with Crippen molar-refractivity contribution < 1.29 is 4.39 Å². The Bertz CT molecular complexity index is 737. The van der Waals surface area contributed by atoms with Gasteiger partial charge in [0.2, 0.25) is 0 Å². The summed E-state index contributed by atoms with van der Waals surface area (Å²) in [6.07, 6.45) is 1.20. The van der Waals surface area contributed by atoms with E-state index in [1.54, 1.807) is 0 Å². The molecule has 0 aliphatic carbocycles. The van der Waals surface area contributed by atoms with Crippen LogP contribution in [0.3, 0.4) is 0 Å². The van der Waals surface area contributed by atoms with Crippen LogP contribution in [0.2, 0.25) is 10.2 Å². The minimum absolute atomic E-state index is 0.0105. The molecule has 1 heterocycles. The molecule has 0 N–H and O–H groups in total. The molecule has 0 bridgehead atoms. The van der Waals surface area contributed by atoms with Crippen molar-refractivity contribution >= 4 is 23.2 Å². The van der Waals surface area contributed by atoms with Gasteiger partial charge in [0.15, 0.2) is 5.15 Å². The zero-order valence-corrected chi connectivity index (χ0v) is 10.9. The highest BCUT2D eigenvalue weighted by Crippen LogP contribution is 2.15. The molecule has 7 heteroatoms. The number of rotatable bonds is 2. The summed E-state index contributed by atoms with van der Waals surface area (Å²) in [4.78, 5) is 15.5. The number of hydrogen-bond donors (Lipinski definition) is 0. The van der Waals surface area contributed by atoms with Crippen molar-refractivity contribution in [2.24, 2.45) is 0 Å². The average molecular weight is 298 g/mol. The van der Waals surface area contributed by atoms with Gasteiger partial charge in [-0.25, -0.2) is 9.37 Å². The third-order valence-electron chi connectivity index (χ3n) is 2.47. The second-order valence-corrected chi connectivity index (χ2v) is 4.43. The van der Waals surface area contributed by atoms with Gasteiger partial charge in [-0.15, -0.1) is 0 Å². The van der Waals surface area contributed by atoms with Gasteiger partial charge in [0.1, 0.15) is 10.8 Å². The molecule has 0 spiro atoms. The maximum absolute atomic E-state index is 13.2. The maximum atomic E-state index is 13.2. The first-order valence-electron chi connectivity index (χ1n) is 5.12. The second-order valence-electron chi connectivity index (χ2n) is 3.70. The van der Waals surface area contributed by atoms with E-state index in [9.17, 15) is 9.18 Å². The number of halogens is 3. The molecular formula is C12H6Cl2FN3O. The van der Waals surface area contributed by atoms with E-state index >= 15 is 0 Å². The van der Waals surface area contributed by atoms with Gasteiger partial charge in [0.25, 0.3) is 5.56 Å². The van der Waals surface area contributed by atoms with E-state index in [0.717, 1.165) is 4.57 Å². The van der Waals surface area contributed by atoms with E-state index < -0.39 is 11.4 Å². The first-order chi connectivity index (χ1) is 9.02. The Morgan fingerprint density at radius 3 is 2.84 bits per heavy atom. The van der Waals surface area contributed by atoms with Crippen LogP contribution in [0.5, 0.6) is 0 Å². The van der Waals surface area contributed by atoms with Crippen LogP contribution < -0.4 is 5.56 Å². The zero-order chi connectivity index (χ0) is 14.0. The minimum Gasteiger partial charge on any atom is -0.293 e. The van der Waals surface area contributed by atoms with Gasteiger partial charge in [-0.3, -0.25) is 9.36 Å². The molecule has 0 aliphatic rings. The molecule has 0 fully saturated rings. The van der Waals surface area contributed by atoms with Crippen LogP contribution in [0.15, 0.2) is 29.3 Å². The molecule has 0 amide bonds. The monoisotopic (exact) mass is 297 g/mol. The number of aromatic nitrogens is 2. The van der Waals surface area contributed by atoms with Crippen LogP contribution >= 0.6 is 23.2 Å². The fraction of sp³-hybridized carbons (Fsp3) is 0.0833. The van der Waals surface area contributed by atoms with E-state index in [-0.39, 0.29) is 22.3 Å². The molecule has 2 rings (SSSR count). The summed E-state index contributed by atoms with van der Waals surface area (Å²) in [6.45, 7) is -0.0105. The summed E-state index contributed by atoms with van der Waals surface area (Å²) in [5.74, 6) is -0.491. The van der Waals surface area contributed by atoms with Crippen LogP contribution in [0, 0.1) is 17.1 Å². The molecule has 96 valence electrons. The predicted octanol–water partition coefficient (Wildman–Crippen LogP) is 2.61. The van der Waals surface area contributed by atoms with E-state index in [1.165, 1.54) is 24.5 Å². The van der Waals surface area contributed by atoms with Crippen molar-refractivity contribution in [3.8, 4) is 6.07 Å². The largest absolute Gasteiger partial charge is 0.293 e. The lowest BCUT2D eigenvalue weighted by Crippen LogP contribution is -2.22. The second kappa shape index (κ2) is 5.39. The molecule has 1 aromatic heterocycles. The predicted molar refractivity (Wildman–Crippen MR) is 68.7 cm³/mol. The molecule has 1 aromatic carbocycles. The Morgan fingerprint density at radius 2 is 2.16 bits per heavy atom.